The third-order valence-electron chi connectivity index (χ3n) is 3.84. The number of halogens is 2. The molecular weight excluding hydrogens is 399 g/mol. The second-order valence-corrected chi connectivity index (χ2v) is 8.46. The van der Waals surface area contributed by atoms with Gasteiger partial charge in [-0.1, -0.05) is 23.2 Å². The summed E-state index contributed by atoms with van der Waals surface area (Å²) in [6, 6.07) is 10.5. The SMILES string of the molecule is O=C(Nc1cc(Cl)cc(Cl)c1)c1ccc(S(=O)(=O)N2CCOCC2)cc1. The number of anilines is 1. The summed E-state index contributed by atoms with van der Waals surface area (Å²) in [6.45, 7) is 1.39. The summed E-state index contributed by atoms with van der Waals surface area (Å²) >= 11 is 11.8. The number of morpholine rings is 1. The van der Waals surface area contributed by atoms with Crippen LogP contribution in [0, 0.1) is 0 Å². The number of sulfonamides is 1. The molecule has 0 radical (unpaired) electrons. The minimum Gasteiger partial charge on any atom is -0.379 e. The fourth-order valence-corrected chi connectivity index (χ4v) is 4.48. The van der Waals surface area contributed by atoms with E-state index in [1.165, 1.54) is 28.6 Å². The summed E-state index contributed by atoms with van der Waals surface area (Å²) in [7, 11) is -3.59. The van der Waals surface area contributed by atoms with Crippen molar-refractivity contribution in [1.29, 1.82) is 0 Å². The van der Waals surface area contributed by atoms with E-state index in [0.717, 1.165) is 0 Å². The van der Waals surface area contributed by atoms with Crippen LogP contribution in [-0.4, -0.2) is 44.9 Å². The molecule has 9 heteroatoms. The smallest absolute Gasteiger partial charge is 0.255 e. The number of rotatable bonds is 4. The van der Waals surface area contributed by atoms with Gasteiger partial charge in [0.15, 0.2) is 0 Å². The molecular formula is C17H16Cl2N2O4S. The lowest BCUT2D eigenvalue weighted by molar-refractivity contribution is 0.0730. The first kappa shape index (κ1) is 19.1. The van der Waals surface area contributed by atoms with Gasteiger partial charge in [0.2, 0.25) is 10.0 Å². The van der Waals surface area contributed by atoms with Crippen molar-refractivity contribution in [3.63, 3.8) is 0 Å². The van der Waals surface area contributed by atoms with Crippen LogP contribution in [0.15, 0.2) is 47.4 Å². The van der Waals surface area contributed by atoms with Crippen LogP contribution in [0.3, 0.4) is 0 Å². The Morgan fingerprint density at radius 1 is 1.00 bits per heavy atom. The Morgan fingerprint density at radius 3 is 2.15 bits per heavy atom. The minimum atomic E-state index is -3.59. The Bertz CT molecular complexity index is 891. The average molecular weight is 415 g/mol. The van der Waals surface area contributed by atoms with Crippen molar-refractivity contribution in [2.24, 2.45) is 0 Å². The van der Waals surface area contributed by atoms with Gasteiger partial charge in [0.1, 0.15) is 0 Å². The van der Waals surface area contributed by atoms with Gasteiger partial charge >= 0.3 is 0 Å². The number of hydrogen-bond acceptors (Lipinski definition) is 4. The molecule has 0 aromatic heterocycles. The third kappa shape index (κ3) is 4.36. The zero-order valence-corrected chi connectivity index (χ0v) is 15.9. The molecule has 1 heterocycles. The molecule has 26 heavy (non-hydrogen) atoms. The Kier molecular flexibility index (Phi) is 5.84. The van der Waals surface area contributed by atoms with E-state index in [9.17, 15) is 13.2 Å². The van der Waals surface area contributed by atoms with Crippen LogP contribution in [0.5, 0.6) is 0 Å². The molecule has 1 aliphatic heterocycles. The first-order valence-electron chi connectivity index (χ1n) is 7.82. The highest BCUT2D eigenvalue weighted by Gasteiger charge is 2.26. The number of hydrogen-bond donors (Lipinski definition) is 1. The average Bonchev–Trinajstić information content (AvgIpc) is 2.61. The van der Waals surface area contributed by atoms with E-state index in [1.807, 2.05) is 0 Å². The fraction of sp³-hybridized carbons (Fsp3) is 0.235. The topological polar surface area (TPSA) is 75.7 Å². The van der Waals surface area contributed by atoms with Crippen molar-refractivity contribution >= 4 is 44.8 Å². The lowest BCUT2D eigenvalue weighted by Gasteiger charge is -2.26. The summed E-state index contributed by atoms with van der Waals surface area (Å²) in [5, 5.41) is 3.48. The van der Waals surface area contributed by atoms with E-state index < -0.39 is 15.9 Å². The van der Waals surface area contributed by atoms with Gasteiger partial charge in [-0.05, 0) is 42.5 Å². The normalized spacial score (nSPS) is 15.6. The van der Waals surface area contributed by atoms with E-state index in [-0.39, 0.29) is 4.90 Å². The largest absolute Gasteiger partial charge is 0.379 e. The molecule has 2 aromatic rings. The number of amides is 1. The molecule has 1 N–H and O–H groups in total. The van der Waals surface area contributed by atoms with Gasteiger partial charge in [-0.25, -0.2) is 8.42 Å². The zero-order chi connectivity index (χ0) is 18.7. The monoisotopic (exact) mass is 414 g/mol. The highest BCUT2D eigenvalue weighted by Crippen LogP contribution is 2.23. The Hall–Kier alpha value is -1.64. The Balaban J connectivity index is 1.75. The molecule has 1 amide bonds. The number of nitrogens with one attached hydrogen (secondary N) is 1. The highest BCUT2D eigenvalue weighted by molar-refractivity contribution is 7.89. The lowest BCUT2D eigenvalue weighted by Crippen LogP contribution is -2.40. The van der Waals surface area contributed by atoms with Crippen molar-refractivity contribution in [1.82, 2.24) is 4.31 Å². The van der Waals surface area contributed by atoms with Crippen LogP contribution in [0.25, 0.3) is 0 Å². The van der Waals surface area contributed by atoms with Gasteiger partial charge in [-0.3, -0.25) is 4.79 Å². The van der Waals surface area contributed by atoms with Crippen LogP contribution in [0.2, 0.25) is 10.0 Å². The molecule has 0 saturated carbocycles. The predicted octanol–water partition coefficient (Wildman–Crippen LogP) is 3.27. The Morgan fingerprint density at radius 2 is 1.58 bits per heavy atom. The van der Waals surface area contributed by atoms with E-state index in [4.69, 9.17) is 27.9 Å². The molecule has 0 atom stereocenters. The van der Waals surface area contributed by atoms with Gasteiger partial charge in [-0.2, -0.15) is 4.31 Å². The van der Waals surface area contributed by atoms with Crippen molar-refractivity contribution in [3.8, 4) is 0 Å². The maximum Gasteiger partial charge on any atom is 0.255 e. The van der Waals surface area contributed by atoms with Gasteiger partial charge in [0.05, 0.1) is 18.1 Å². The number of carbonyl (C=O) groups is 1. The first-order chi connectivity index (χ1) is 12.4. The molecule has 138 valence electrons. The number of ether oxygens (including phenoxy) is 1. The maximum absolute atomic E-state index is 12.6. The quantitative estimate of drug-likeness (QED) is 0.832. The van der Waals surface area contributed by atoms with Crippen molar-refractivity contribution in [2.45, 2.75) is 4.90 Å². The predicted molar refractivity (Wildman–Crippen MR) is 100 cm³/mol. The standard InChI is InChI=1S/C17H16Cl2N2O4S/c18-13-9-14(19)11-15(10-13)20-17(22)12-1-3-16(4-2-12)26(23,24)21-5-7-25-8-6-21/h1-4,9-11H,5-8H2,(H,20,22). The molecule has 0 bridgehead atoms. The van der Waals surface area contributed by atoms with Gasteiger partial charge in [0.25, 0.3) is 5.91 Å². The molecule has 0 aliphatic carbocycles. The van der Waals surface area contributed by atoms with Crippen LogP contribution in [0.4, 0.5) is 5.69 Å². The molecule has 1 aliphatic rings. The van der Waals surface area contributed by atoms with Gasteiger partial charge < -0.3 is 10.1 Å². The third-order valence-corrected chi connectivity index (χ3v) is 6.19. The van der Waals surface area contributed by atoms with E-state index in [1.54, 1.807) is 18.2 Å². The Labute approximate surface area is 161 Å². The first-order valence-corrected chi connectivity index (χ1v) is 10.0. The van der Waals surface area contributed by atoms with Crippen molar-refractivity contribution < 1.29 is 17.9 Å². The molecule has 3 rings (SSSR count). The summed E-state index contributed by atoms with van der Waals surface area (Å²) in [4.78, 5) is 12.5. The number of nitrogens with zero attached hydrogens (tertiary/aromatic N) is 1. The number of benzene rings is 2. The summed E-state index contributed by atoms with van der Waals surface area (Å²) in [5.41, 5.74) is 0.777. The summed E-state index contributed by atoms with van der Waals surface area (Å²) in [6.07, 6.45) is 0. The highest BCUT2D eigenvalue weighted by atomic mass is 35.5. The summed E-state index contributed by atoms with van der Waals surface area (Å²) in [5.74, 6) is -0.390. The molecule has 6 nitrogen and oxygen atoms in total. The van der Waals surface area contributed by atoms with E-state index in [0.29, 0.717) is 47.6 Å². The number of carbonyl (C=O) groups excluding carboxylic acids is 1. The zero-order valence-electron chi connectivity index (χ0n) is 13.6. The van der Waals surface area contributed by atoms with Crippen LogP contribution >= 0.6 is 23.2 Å². The van der Waals surface area contributed by atoms with E-state index in [2.05, 4.69) is 5.32 Å². The molecule has 1 saturated heterocycles. The lowest BCUT2D eigenvalue weighted by atomic mass is 10.2. The van der Waals surface area contributed by atoms with E-state index >= 15 is 0 Å². The summed E-state index contributed by atoms with van der Waals surface area (Å²) < 4.78 is 31.7. The molecule has 1 fully saturated rings. The van der Waals surface area contributed by atoms with Crippen molar-refractivity contribution in [3.05, 3.63) is 58.1 Å². The maximum atomic E-state index is 12.6. The fourth-order valence-electron chi connectivity index (χ4n) is 2.54. The second-order valence-electron chi connectivity index (χ2n) is 5.65. The van der Waals surface area contributed by atoms with Crippen LogP contribution < -0.4 is 5.32 Å². The second kappa shape index (κ2) is 7.94. The minimum absolute atomic E-state index is 0.141. The molecule has 2 aromatic carbocycles. The van der Waals surface area contributed by atoms with Crippen molar-refractivity contribution in [2.75, 3.05) is 31.6 Å². The van der Waals surface area contributed by atoms with Gasteiger partial charge in [0, 0.05) is 34.4 Å². The van der Waals surface area contributed by atoms with Crippen LogP contribution in [0.1, 0.15) is 10.4 Å². The van der Waals surface area contributed by atoms with Crippen LogP contribution in [-0.2, 0) is 14.8 Å². The molecule has 0 spiro atoms. The molecule has 0 unspecified atom stereocenters. The van der Waals surface area contributed by atoms with Gasteiger partial charge in [-0.15, -0.1) is 0 Å².